The number of hydrogen-bond donors (Lipinski definition) is 2. The molecule has 4 aromatic rings. The number of aromatic nitrogens is 2. The van der Waals surface area contributed by atoms with Crippen molar-refractivity contribution in [3.63, 3.8) is 0 Å². The highest BCUT2D eigenvalue weighted by atomic mass is 19.1. The van der Waals surface area contributed by atoms with Crippen LogP contribution < -0.4 is 10.6 Å². The number of nitrogens with zero attached hydrogens (tertiary/aromatic N) is 2. The number of rotatable bonds is 7. The van der Waals surface area contributed by atoms with Crippen LogP contribution in [0.25, 0.3) is 16.9 Å². The molecule has 0 saturated heterocycles. The fourth-order valence-corrected chi connectivity index (χ4v) is 3.53. The predicted molar refractivity (Wildman–Crippen MR) is 122 cm³/mol. The molecule has 0 aliphatic carbocycles. The van der Waals surface area contributed by atoms with Gasteiger partial charge in [-0.15, -0.1) is 0 Å². The monoisotopic (exact) mass is 448 g/mol. The Morgan fingerprint density at radius 3 is 2.58 bits per heavy atom. The number of benzene rings is 2. The Bertz CT molecular complexity index is 1320. The van der Waals surface area contributed by atoms with Gasteiger partial charge in [-0.2, -0.15) is 0 Å². The van der Waals surface area contributed by atoms with E-state index < -0.39 is 17.5 Å². The van der Waals surface area contributed by atoms with Gasteiger partial charge in [-0.25, -0.2) is 13.8 Å². The number of pyridine rings is 1. The van der Waals surface area contributed by atoms with Crippen LogP contribution in [0.4, 0.5) is 14.6 Å². The van der Waals surface area contributed by atoms with Crippen LogP contribution in [0.3, 0.4) is 0 Å². The maximum Gasteiger partial charge on any atom is 0.254 e. The van der Waals surface area contributed by atoms with E-state index in [1.165, 1.54) is 0 Å². The number of imidazole rings is 1. The number of nitrogens with one attached hydrogen (secondary N) is 2. The molecule has 2 N–H and O–H groups in total. The number of carbonyl (C=O) groups is 2. The first-order chi connectivity index (χ1) is 15.9. The van der Waals surface area contributed by atoms with Gasteiger partial charge in [0.2, 0.25) is 5.91 Å². The van der Waals surface area contributed by atoms with Crippen LogP contribution in [0.1, 0.15) is 28.8 Å². The summed E-state index contributed by atoms with van der Waals surface area (Å²) in [6.45, 7) is 2.12. The maximum atomic E-state index is 13.7. The fraction of sp³-hybridized carbons (Fsp3) is 0.160. The Kier molecular flexibility index (Phi) is 6.44. The molecule has 0 radical (unpaired) electrons. The summed E-state index contributed by atoms with van der Waals surface area (Å²) >= 11 is 0. The minimum atomic E-state index is -0.929. The largest absolute Gasteiger partial charge is 0.352 e. The van der Waals surface area contributed by atoms with Gasteiger partial charge in [-0.1, -0.05) is 36.4 Å². The minimum absolute atomic E-state index is 0.138. The minimum Gasteiger partial charge on any atom is -0.352 e. The third-order valence-electron chi connectivity index (χ3n) is 5.19. The lowest BCUT2D eigenvalue weighted by molar-refractivity contribution is -0.116. The van der Waals surface area contributed by atoms with Gasteiger partial charge < -0.3 is 10.6 Å². The van der Waals surface area contributed by atoms with Crippen LogP contribution in [0.15, 0.2) is 66.9 Å². The van der Waals surface area contributed by atoms with E-state index in [-0.39, 0.29) is 24.4 Å². The Morgan fingerprint density at radius 2 is 1.82 bits per heavy atom. The van der Waals surface area contributed by atoms with Gasteiger partial charge in [0.1, 0.15) is 28.8 Å². The molecule has 0 fully saturated rings. The highest BCUT2D eigenvalue weighted by Gasteiger charge is 2.17. The first-order valence-corrected chi connectivity index (χ1v) is 10.5. The number of carbonyl (C=O) groups excluding carboxylic acids is 2. The van der Waals surface area contributed by atoms with Gasteiger partial charge in [0.05, 0.1) is 5.56 Å². The summed E-state index contributed by atoms with van der Waals surface area (Å²) in [6, 6.07) is 16.2. The van der Waals surface area contributed by atoms with Crippen molar-refractivity contribution in [1.82, 2.24) is 14.7 Å². The zero-order valence-corrected chi connectivity index (χ0v) is 17.9. The third kappa shape index (κ3) is 4.90. The second-order valence-electron chi connectivity index (χ2n) is 7.59. The molecule has 0 aliphatic heterocycles. The van der Waals surface area contributed by atoms with Crippen molar-refractivity contribution in [2.75, 3.05) is 11.9 Å². The second kappa shape index (κ2) is 9.60. The van der Waals surface area contributed by atoms with E-state index in [0.717, 1.165) is 28.9 Å². The van der Waals surface area contributed by atoms with E-state index in [1.807, 2.05) is 60.0 Å². The third-order valence-corrected chi connectivity index (χ3v) is 5.19. The standard InChI is InChI=1S/C25H22F2N4O2/c1-16-7-6-14-31-23(16)30-22(17-8-3-2-4-9-17)24(31)29-21(32)10-5-13-28-25(33)19-12-11-18(26)15-20(19)27/h2-4,6-9,11-12,14-15H,5,10,13H2,1H3,(H,28,33)(H,29,32). The molecule has 0 atom stereocenters. The lowest BCUT2D eigenvalue weighted by atomic mass is 10.1. The first kappa shape index (κ1) is 22.1. The van der Waals surface area contributed by atoms with Gasteiger partial charge in [-0.05, 0) is 37.1 Å². The molecule has 6 nitrogen and oxygen atoms in total. The number of hydrogen-bond acceptors (Lipinski definition) is 3. The topological polar surface area (TPSA) is 75.5 Å². The van der Waals surface area contributed by atoms with E-state index in [4.69, 9.17) is 4.98 Å². The summed E-state index contributed by atoms with van der Waals surface area (Å²) in [5.74, 6) is -2.00. The molecule has 2 aromatic heterocycles. The maximum absolute atomic E-state index is 13.7. The molecule has 168 valence electrons. The normalized spacial score (nSPS) is 10.9. The molecule has 0 aliphatic rings. The summed E-state index contributed by atoms with van der Waals surface area (Å²) in [5, 5.41) is 5.49. The van der Waals surface area contributed by atoms with Crippen molar-refractivity contribution in [3.05, 3.63) is 89.6 Å². The molecule has 0 spiro atoms. The molecular weight excluding hydrogens is 426 g/mol. The number of aryl methyl sites for hydroxylation is 1. The van der Waals surface area contributed by atoms with Crippen LogP contribution >= 0.6 is 0 Å². The first-order valence-electron chi connectivity index (χ1n) is 10.5. The van der Waals surface area contributed by atoms with Crippen LogP contribution in [0, 0.1) is 18.6 Å². The van der Waals surface area contributed by atoms with Crippen molar-refractivity contribution >= 4 is 23.3 Å². The van der Waals surface area contributed by atoms with Crippen molar-refractivity contribution in [2.45, 2.75) is 19.8 Å². The van der Waals surface area contributed by atoms with Gasteiger partial charge in [-0.3, -0.25) is 14.0 Å². The van der Waals surface area contributed by atoms with Crippen LogP contribution in [-0.2, 0) is 4.79 Å². The molecule has 8 heteroatoms. The molecule has 2 amide bonds. The number of fused-ring (bicyclic) bond motifs is 1. The summed E-state index contributed by atoms with van der Waals surface area (Å²) in [4.78, 5) is 29.5. The van der Waals surface area contributed by atoms with E-state index in [2.05, 4.69) is 10.6 Å². The molecule has 0 bridgehead atoms. The lowest BCUT2D eigenvalue weighted by Crippen LogP contribution is -2.26. The fourth-order valence-electron chi connectivity index (χ4n) is 3.53. The number of amides is 2. The Balaban J connectivity index is 1.42. The quantitative estimate of drug-likeness (QED) is 0.401. The smallest absolute Gasteiger partial charge is 0.254 e. The van der Waals surface area contributed by atoms with E-state index in [1.54, 1.807) is 0 Å². The average Bonchev–Trinajstić information content (AvgIpc) is 3.17. The number of anilines is 1. The highest BCUT2D eigenvalue weighted by molar-refractivity contribution is 5.95. The molecule has 0 unspecified atom stereocenters. The van der Waals surface area contributed by atoms with Crippen LogP contribution in [-0.4, -0.2) is 27.7 Å². The Labute approximate surface area is 189 Å². The van der Waals surface area contributed by atoms with Gasteiger partial charge >= 0.3 is 0 Å². The van der Waals surface area contributed by atoms with Crippen LogP contribution in [0.5, 0.6) is 0 Å². The van der Waals surface area contributed by atoms with E-state index in [9.17, 15) is 18.4 Å². The summed E-state index contributed by atoms with van der Waals surface area (Å²) in [6.07, 6.45) is 2.32. The van der Waals surface area contributed by atoms with Crippen molar-refractivity contribution in [3.8, 4) is 11.3 Å². The molecule has 4 rings (SSSR count). The molecule has 2 heterocycles. The number of halogens is 2. The Morgan fingerprint density at radius 1 is 1.03 bits per heavy atom. The summed E-state index contributed by atoms with van der Waals surface area (Å²) in [7, 11) is 0. The predicted octanol–water partition coefficient (Wildman–Crippen LogP) is 4.74. The van der Waals surface area contributed by atoms with Gasteiger partial charge in [0, 0.05) is 30.8 Å². The van der Waals surface area contributed by atoms with E-state index >= 15 is 0 Å². The molecular formula is C25H22F2N4O2. The van der Waals surface area contributed by atoms with E-state index in [0.29, 0.717) is 24.0 Å². The molecule has 2 aromatic carbocycles. The Hall–Kier alpha value is -4.07. The highest BCUT2D eigenvalue weighted by Crippen LogP contribution is 2.29. The van der Waals surface area contributed by atoms with Crippen molar-refractivity contribution < 1.29 is 18.4 Å². The second-order valence-corrected chi connectivity index (χ2v) is 7.59. The van der Waals surface area contributed by atoms with Crippen LogP contribution in [0.2, 0.25) is 0 Å². The molecule has 33 heavy (non-hydrogen) atoms. The summed E-state index contributed by atoms with van der Waals surface area (Å²) in [5.41, 5.74) is 3.03. The SMILES string of the molecule is Cc1cccn2c(NC(=O)CCCNC(=O)c3ccc(F)cc3F)c(-c3ccccc3)nc12. The zero-order valence-electron chi connectivity index (χ0n) is 17.9. The van der Waals surface area contributed by atoms with Crippen molar-refractivity contribution in [1.29, 1.82) is 0 Å². The van der Waals surface area contributed by atoms with Gasteiger partial charge in [0.25, 0.3) is 5.91 Å². The average molecular weight is 448 g/mol. The summed E-state index contributed by atoms with van der Waals surface area (Å²) < 4.78 is 28.5. The molecule has 0 saturated carbocycles. The zero-order chi connectivity index (χ0) is 23.4. The van der Waals surface area contributed by atoms with Gasteiger partial charge in [0.15, 0.2) is 0 Å². The lowest BCUT2D eigenvalue weighted by Gasteiger charge is -2.09. The van der Waals surface area contributed by atoms with Crippen molar-refractivity contribution in [2.24, 2.45) is 0 Å².